The lowest BCUT2D eigenvalue weighted by Gasteiger charge is -2.09. The summed E-state index contributed by atoms with van der Waals surface area (Å²) in [4.78, 5) is 0. The standard InChI is InChI=1S/C4H6Cl4O/c5-3(9)1-2-4(6,7)8/h3,9H,1-2H2. The maximum absolute atomic E-state index is 8.51. The molecule has 0 radical (unpaired) electrons. The molecule has 0 spiro atoms. The summed E-state index contributed by atoms with van der Waals surface area (Å²) in [6.45, 7) is 0. The van der Waals surface area contributed by atoms with Gasteiger partial charge in [-0.3, -0.25) is 0 Å². The van der Waals surface area contributed by atoms with Crippen molar-refractivity contribution in [3.63, 3.8) is 0 Å². The van der Waals surface area contributed by atoms with Crippen LogP contribution in [0.3, 0.4) is 0 Å². The van der Waals surface area contributed by atoms with E-state index in [1.807, 2.05) is 0 Å². The highest BCUT2D eigenvalue weighted by Gasteiger charge is 2.19. The highest BCUT2D eigenvalue weighted by molar-refractivity contribution is 6.67. The maximum atomic E-state index is 8.51. The predicted octanol–water partition coefficient (Wildman–Crippen LogP) is 2.69. The summed E-state index contributed by atoms with van der Waals surface area (Å²) in [6.07, 6.45) is 0.556. The Hall–Kier alpha value is 1.12. The number of alkyl halides is 4. The summed E-state index contributed by atoms with van der Waals surface area (Å²) in [7, 11) is 0. The molecule has 1 nitrogen and oxygen atoms in total. The van der Waals surface area contributed by atoms with Crippen LogP contribution in [0.2, 0.25) is 0 Å². The van der Waals surface area contributed by atoms with Gasteiger partial charge in [0.25, 0.3) is 0 Å². The molecule has 5 heteroatoms. The van der Waals surface area contributed by atoms with Crippen molar-refractivity contribution in [3.8, 4) is 0 Å². The zero-order chi connectivity index (χ0) is 7.49. The summed E-state index contributed by atoms with van der Waals surface area (Å²) < 4.78 is -1.30. The highest BCUT2D eigenvalue weighted by Crippen LogP contribution is 2.31. The van der Waals surface area contributed by atoms with Gasteiger partial charge in [0.2, 0.25) is 0 Å². The van der Waals surface area contributed by atoms with E-state index >= 15 is 0 Å². The summed E-state index contributed by atoms with van der Waals surface area (Å²) in [5, 5.41) is 8.51. The summed E-state index contributed by atoms with van der Waals surface area (Å²) in [5.41, 5.74) is -0.916. The quantitative estimate of drug-likeness (QED) is 0.697. The fourth-order valence-electron chi connectivity index (χ4n) is 0.283. The van der Waals surface area contributed by atoms with Crippen molar-refractivity contribution in [1.29, 1.82) is 0 Å². The zero-order valence-electron chi connectivity index (χ0n) is 4.45. The van der Waals surface area contributed by atoms with Crippen LogP contribution in [0, 0.1) is 0 Å². The smallest absolute Gasteiger partial charge is 0.190 e. The van der Waals surface area contributed by atoms with Crippen LogP contribution in [0.15, 0.2) is 0 Å². The normalized spacial score (nSPS) is 15.7. The van der Waals surface area contributed by atoms with Crippen LogP contribution >= 0.6 is 46.4 Å². The number of hydrogen-bond acceptors (Lipinski definition) is 1. The van der Waals surface area contributed by atoms with Gasteiger partial charge in [0, 0.05) is 0 Å². The third-order valence-electron chi connectivity index (χ3n) is 0.666. The number of rotatable bonds is 2. The largest absolute Gasteiger partial charge is 0.378 e. The molecule has 9 heavy (non-hydrogen) atoms. The zero-order valence-corrected chi connectivity index (χ0v) is 7.47. The molecule has 0 bridgehead atoms. The van der Waals surface area contributed by atoms with E-state index in [2.05, 4.69) is 0 Å². The van der Waals surface area contributed by atoms with Crippen LogP contribution in [0.4, 0.5) is 0 Å². The van der Waals surface area contributed by atoms with Gasteiger partial charge in [0.1, 0.15) is 5.56 Å². The molecule has 0 aliphatic carbocycles. The first kappa shape index (κ1) is 10.1. The van der Waals surface area contributed by atoms with Crippen molar-refractivity contribution in [3.05, 3.63) is 0 Å². The molecule has 0 aliphatic heterocycles. The Kier molecular flexibility index (Phi) is 4.60. The van der Waals surface area contributed by atoms with Crippen molar-refractivity contribution in [2.24, 2.45) is 0 Å². The molecule has 1 atom stereocenters. The van der Waals surface area contributed by atoms with E-state index < -0.39 is 9.36 Å². The molecule has 0 saturated carbocycles. The molecule has 0 heterocycles. The molecule has 0 rings (SSSR count). The molecular weight excluding hydrogens is 206 g/mol. The van der Waals surface area contributed by atoms with Crippen LogP contribution in [0.5, 0.6) is 0 Å². The first-order chi connectivity index (χ1) is 3.92. The van der Waals surface area contributed by atoms with E-state index in [0.717, 1.165) is 0 Å². The molecule has 0 saturated heterocycles. The fourth-order valence-corrected chi connectivity index (χ4v) is 0.719. The molecule has 0 aromatic rings. The van der Waals surface area contributed by atoms with Crippen molar-refractivity contribution < 1.29 is 5.11 Å². The third kappa shape index (κ3) is 9.12. The SMILES string of the molecule is OC(Cl)CCC(Cl)(Cl)Cl. The van der Waals surface area contributed by atoms with E-state index in [0.29, 0.717) is 0 Å². The number of aliphatic hydroxyl groups is 1. The van der Waals surface area contributed by atoms with Gasteiger partial charge in [-0.05, 0) is 12.8 Å². The van der Waals surface area contributed by atoms with Crippen LogP contribution in [-0.2, 0) is 0 Å². The Bertz CT molecular complexity index is 77.1. The van der Waals surface area contributed by atoms with Crippen molar-refractivity contribution in [2.75, 3.05) is 0 Å². The average molecular weight is 212 g/mol. The van der Waals surface area contributed by atoms with Gasteiger partial charge in [-0.1, -0.05) is 46.4 Å². The van der Waals surface area contributed by atoms with E-state index in [4.69, 9.17) is 51.5 Å². The first-order valence-electron chi connectivity index (χ1n) is 2.31. The predicted molar refractivity (Wildman–Crippen MR) is 41.4 cm³/mol. The second kappa shape index (κ2) is 4.09. The second-order valence-electron chi connectivity index (χ2n) is 1.59. The van der Waals surface area contributed by atoms with Crippen LogP contribution < -0.4 is 0 Å². The van der Waals surface area contributed by atoms with E-state index in [-0.39, 0.29) is 12.8 Å². The van der Waals surface area contributed by atoms with Gasteiger partial charge in [0.05, 0.1) is 0 Å². The van der Waals surface area contributed by atoms with Gasteiger partial charge in [-0.25, -0.2) is 0 Å². The second-order valence-corrected chi connectivity index (χ2v) is 4.61. The van der Waals surface area contributed by atoms with Crippen LogP contribution in [0.25, 0.3) is 0 Å². The summed E-state index contributed by atoms with van der Waals surface area (Å²) in [6, 6.07) is 0. The number of halogens is 4. The lowest BCUT2D eigenvalue weighted by atomic mass is 10.3. The highest BCUT2D eigenvalue weighted by atomic mass is 35.6. The van der Waals surface area contributed by atoms with Crippen molar-refractivity contribution in [1.82, 2.24) is 0 Å². The van der Waals surface area contributed by atoms with Gasteiger partial charge < -0.3 is 5.11 Å². The minimum atomic E-state index is -1.30. The number of hydrogen-bond donors (Lipinski definition) is 1. The molecular formula is C4H6Cl4O. The van der Waals surface area contributed by atoms with Gasteiger partial charge in [-0.2, -0.15) is 0 Å². The van der Waals surface area contributed by atoms with Gasteiger partial charge in [-0.15, -0.1) is 0 Å². The minimum Gasteiger partial charge on any atom is -0.378 e. The topological polar surface area (TPSA) is 20.2 Å². The van der Waals surface area contributed by atoms with E-state index in [9.17, 15) is 0 Å². The molecule has 0 aliphatic rings. The Morgan fingerprint density at radius 1 is 1.33 bits per heavy atom. The molecule has 1 N–H and O–H groups in total. The van der Waals surface area contributed by atoms with Crippen LogP contribution in [-0.4, -0.2) is 14.5 Å². The molecule has 0 fully saturated rings. The maximum Gasteiger partial charge on any atom is 0.190 e. The first-order valence-corrected chi connectivity index (χ1v) is 3.88. The van der Waals surface area contributed by atoms with Gasteiger partial charge >= 0.3 is 0 Å². The number of aliphatic hydroxyl groups excluding tert-OH is 1. The van der Waals surface area contributed by atoms with Crippen molar-refractivity contribution in [2.45, 2.75) is 22.2 Å². The lowest BCUT2D eigenvalue weighted by molar-refractivity contribution is 0.243. The molecule has 0 aromatic heterocycles. The summed E-state index contributed by atoms with van der Waals surface area (Å²) >= 11 is 21.2. The summed E-state index contributed by atoms with van der Waals surface area (Å²) in [5.74, 6) is 0. The van der Waals surface area contributed by atoms with Gasteiger partial charge in [0.15, 0.2) is 3.79 Å². The molecule has 0 amide bonds. The lowest BCUT2D eigenvalue weighted by Crippen LogP contribution is -2.06. The Morgan fingerprint density at radius 3 is 1.89 bits per heavy atom. The Morgan fingerprint density at radius 2 is 1.78 bits per heavy atom. The average Bonchev–Trinajstić information content (AvgIpc) is 1.59. The molecule has 56 valence electrons. The van der Waals surface area contributed by atoms with Crippen molar-refractivity contribution >= 4 is 46.4 Å². The Labute approximate surface area is 73.8 Å². The minimum absolute atomic E-state index is 0.266. The Balaban J connectivity index is 3.28. The van der Waals surface area contributed by atoms with Crippen LogP contribution in [0.1, 0.15) is 12.8 Å². The fraction of sp³-hybridized carbons (Fsp3) is 1.00. The molecule has 0 aromatic carbocycles. The molecule has 1 unspecified atom stereocenters. The third-order valence-corrected chi connectivity index (χ3v) is 1.45. The monoisotopic (exact) mass is 210 g/mol. The van der Waals surface area contributed by atoms with E-state index in [1.165, 1.54) is 0 Å². The van der Waals surface area contributed by atoms with E-state index in [1.54, 1.807) is 0 Å².